The lowest BCUT2D eigenvalue weighted by atomic mass is 9.92. The highest BCUT2D eigenvalue weighted by Crippen LogP contribution is 2.26. The summed E-state index contributed by atoms with van der Waals surface area (Å²) in [5.41, 5.74) is 2.66. The Hall–Kier alpha value is -1.59. The number of hydrogen-bond donors (Lipinski definition) is 1. The van der Waals surface area contributed by atoms with Crippen LogP contribution in [0.4, 0.5) is 5.69 Å². The number of rotatable bonds is 3. The molecule has 0 saturated carbocycles. The molecule has 1 aromatic carbocycles. The highest BCUT2D eigenvalue weighted by molar-refractivity contribution is 7.92. The highest BCUT2D eigenvalue weighted by Gasteiger charge is 2.18. The van der Waals surface area contributed by atoms with Gasteiger partial charge in [-0.15, -0.1) is 0 Å². The summed E-state index contributed by atoms with van der Waals surface area (Å²) in [7, 11) is -3.64. The lowest BCUT2D eigenvalue weighted by molar-refractivity contribution is 0.600. The first-order valence-electron chi connectivity index (χ1n) is 6.81. The summed E-state index contributed by atoms with van der Waals surface area (Å²) in [6, 6.07) is 8.55. The Morgan fingerprint density at radius 1 is 1.10 bits per heavy atom. The standard InChI is InChI=1S/C15H15ClN2O2S/c16-15-14(6-3-9-17-15)18-21(19,20)13-8-7-11-4-1-2-5-12(11)10-13/h3,6-10,18H,1-2,4-5H2. The normalized spacial score (nSPS) is 14.5. The average molecular weight is 323 g/mol. The first kappa shape index (κ1) is 14.4. The zero-order chi connectivity index (χ0) is 14.9. The van der Waals surface area contributed by atoms with Crippen molar-refractivity contribution in [3.05, 3.63) is 52.8 Å². The summed E-state index contributed by atoms with van der Waals surface area (Å²) < 4.78 is 27.4. The number of pyridine rings is 1. The van der Waals surface area contributed by atoms with Gasteiger partial charge in [0.05, 0.1) is 10.6 Å². The molecule has 0 spiro atoms. The largest absolute Gasteiger partial charge is 0.276 e. The van der Waals surface area contributed by atoms with E-state index in [0.717, 1.165) is 24.8 Å². The summed E-state index contributed by atoms with van der Waals surface area (Å²) in [4.78, 5) is 4.13. The van der Waals surface area contributed by atoms with Crippen LogP contribution in [0.1, 0.15) is 24.0 Å². The predicted octanol–water partition coefficient (Wildman–Crippen LogP) is 3.41. The number of fused-ring (bicyclic) bond motifs is 1. The molecule has 2 aromatic rings. The first-order valence-corrected chi connectivity index (χ1v) is 8.67. The fraction of sp³-hybridized carbons (Fsp3) is 0.267. The second-order valence-electron chi connectivity index (χ2n) is 5.08. The lowest BCUT2D eigenvalue weighted by Gasteiger charge is -2.17. The quantitative estimate of drug-likeness (QED) is 0.881. The molecule has 3 rings (SSSR count). The van der Waals surface area contributed by atoms with Gasteiger partial charge >= 0.3 is 0 Å². The van der Waals surface area contributed by atoms with Gasteiger partial charge in [0.1, 0.15) is 0 Å². The summed E-state index contributed by atoms with van der Waals surface area (Å²) in [5.74, 6) is 0. The molecule has 4 nitrogen and oxygen atoms in total. The number of sulfonamides is 1. The number of hydrogen-bond acceptors (Lipinski definition) is 3. The van der Waals surface area contributed by atoms with Crippen molar-refractivity contribution < 1.29 is 8.42 Å². The third-order valence-corrected chi connectivity index (χ3v) is 5.30. The van der Waals surface area contributed by atoms with Crippen LogP contribution in [0.25, 0.3) is 0 Å². The van der Waals surface area contributed by atoms with Crippen molar-refractivity contribution in [2.75, 3.05) is 4.72 Å². The smallest absolute Gasteiger partial charge is 0.262 e. The van der Waals surface area contributed by atoms with E-state index in [4.69, 9.17) is 11.6 Å². The van der Waals surface area contributed by atoms with E-state index < -0.39 is 10.0 Å². The molecule has 1 aliphatic carbocycles. The minimum Gasteiger partial charge on any atom is -0.276 e. The third-order valence-electron chi connectivity index (χ3n) is 3.63. The molecule has 0 saturated heterocycles. The van der Waals surface area contributed by atoms with E-state index in [9.17, 15) is 8.42 Å². The molecule has 1 aliphatic rings. The Labute approximate surface area is 129 Å². The molecule has 1 heterocycles. The number of nitrogens with one attached hydrogen (secondary N) is 1. The minimum absolute atomic E-state index is 0.138. The zero-order valence-electron chi connectivity index (χ0n) is 11.3. The summed E-state index contributed by atoms with van der Waals surface area (Å²) in [6.45, 7) is 0. The van der Waals surface area contributed by atoms with E-state index in [1.54, 1.807) is 24.3 Å². The second-order valence-corrected chi connectivity index (χ2v) is 7.13. The molecule has 21 heavy (non-hydrogen) atoms. The SMILES string of the molecule is O=S(=O)(Nc1cccnc1Cl)c1ccc2c(c1)CCCC2. The lowest BCUT2D eigenvalue weighted by Crippen LogP contribution is -2.14. The second kappa shape index (κ2) is 5.66. The number of aryl methyl sites for hydroxylation is 2. The Morgan fingerprint density at radius 3 is 2.62 bits per heavy atom. The molecule has 110 valence electrons. The molecular formula is C15H15ClN2O2S. The topological polar surface area (TPSA) is 59.1 Å². The monoisotopic (exact) mass is 322 g/mol. The average Bonchev–Trinajstić information content (AvgIpc) is 2.49. The fourth-order valence-corrected chi connectivity index (χ4v) is 3.88. The van der Waals surface area contributed by atoms with Gasteiger partial charge in [-0.3, -0.25) is 4.72 Å². The molecule has 1 aromatic heterocycles. The van der Waals surface area contributed by atoms with Crippen molar-refractivity contribution in [1.29, 1.82) is 0 Å². The molecule has 1 N–H and O–H groups in total. The number of halogens is 1. The summed E-state index contributed by atoms with van der Waals surface area (Å²) >= 11 is 5.90. The Balaban J connectivity index is 1.93. The van der Waals surface area contributed by atoms with Crippen molar-refractivity contribution in [3.63, 3.8) is 0 Å². The van der Waals surface area contributed by atoms with Crippen molar-refractivity contribution in [2.45, 2.75) is 30.6 Å². The number of anilines is 1. The van der Waals surface area contributed by atoms with E-state index >= 15 is 0 Å². The van der Waals surface area contributed by atoms with Crippen LogP contribution in [0, 0.1) is 0 Å². The predicted molar refractivity (Wildman–Crippen MR) is 83.1 cm³/mol. The molecule has 0 aliphatic heterocycles. The molecular weight excluding hydrogens is 308 g/mol. The number of benzene rings is 1. The maximum Gasteiger partial charge on any atom is 0.262 e. The van der Waals surface area contributed by atoms with Crippen LogP contribution in [0.3, 0.4) is 0 Å². The van der Waals surface area contributed by atoms with Gasteiger partial charge in [0.15, 0.2) is 5.15 Å². The van der Waals surface area contributed by atoms with Gasteiger partial charge in [-0.1, -0.05) is 17.7 Å². The molecule has 6 heteroatoms. The zero-order valence-corrected chi connectivity index (χ0v) is 12.9. The maximum absolute atomic E-state index is 12.4. The fourth-order valence-electron chi connectivity index (χ4n) is 2.54. The van der Waals surface area contributed by atoms with Gasteiger partial charge in [-0.25, -0.2) is 13.4 Å². The van der Waals surface area contributed by atoms with Crippen molar-refractivity contribution in [1.82, 2.24) is 4.98 Å². The molecule has 0 bridgehead atoms. The van der Waals surface area contributed by atoms with Gasteiger partial charge in [0.25, 0.3) is 10.0 Å². The van der Waals surface area contributed by atoms with Crippen LogP contribution in [-0.4, -0.2) is 13.4 Å². The third kappa shape index (κ3) is 3.04. The van der Waals surface area contributed by atoms with E-state index in [1.165, 1.54) is 18.2 Å². The minimum atomic E-state index is -3.64. The van der Waals surface area contributed by atoms with Crippen LogP contribution in [0.15, 0.2) is 41.4 Å². The Morgan fingerprint density at radius 2 is 1.86 bits per heavy atom. The van der Waals surface area contributed by atoms with Crippen LogP contribution in [-0.2, 0) is 22.9 Å². The van der Waals surface area contributed by atoms with E-state index in [0.29, 0.717) is 0 Å². The van der Waals surface area contributed by atoms with Crippen LogP contribution < -0.4 is 4.72 Å². The molecule has 0 amide bonds. The van der Waals surface area contributed by atoms with Crippen LogP contribution >= 0.6 is 11.6 Å². The first-order chi connectivity index (χ1) is 10.1. The van der Waals surface area contributed by atoms with Gasteiger partial charge < -0.3 is 0 Å². The molecule has 0 unspecified atom stereocenters. The van der Waals surface area contributed by atoms with Crippen molar-refractivity contribution in [3.8, 4) is 0 Å². The van der Waals surface area contributed by atoms with E-state index in [-0.39, 0.29) is 15.7 Å². The number of nitrogens with zero attached hydrogens (tertiary/aromatic N) is 1. The van der Waals surface area contributed by atoms with Crippen LogP contribution in [0.2, 0.25) is 5.15 Å². The number of aromatic nitrogens is 1. The van der Waals surface area contributed by atoms with Crippen molar-refractivity contribution in [2.24, 2.45) is 0 Å². The Kier molecular flexibility index (Phi) is 3.87. The van der Waals surface area contributed by atoms with Crippen LogP contribution in [0.5, 0.6) is 0 Å². The van der Waals surface area contributed by atoms with E-state index in [1.807, 2.05) is 6.07 Å². The molecule has 0 fully saturated rings. The highest BCUT2D eigenvalue weighted by atomic mass is 35.5. The Bertz CT molecular complexity index is 775. The summed E-state index contributed by atoms with van der Waals surface area (Å²) in [5, 5.41) is 0.138. The maximum atomic E-state index is 12.4. The van der Waals surface area contributed by atoms with Gasteiger partial charge in [0, 0.05) is 6.20 Å². The molecule has 0 atom stereocenters. The van der Waals surface area contributed by atoms with Gasteiger partial charge in [-0.2, -0.15) is 0 Å². The van der Waals surface area contributed by atoms with Gasteiger partial charge in [0.2, 0.25) is 0 Å². The molecule has 0 radical (unpaired) electrons. The van der Waals surface area contributed by atoms with Gasteiger partial charge in [-0.05, 0) is 61.1 Å². The van der Waals surface area contributed by atoms with Crippen molar-refractivity contribution >= 4 is 27.3 Å². The van der Waals surface area contributed by atoms with E-state index in [2.05, 4.69) is 9.71 Å². The summed E-state index contributed by atoms with van der Waals surface area (Å²) in [6.07, 6.45) is 5.75.